The zero-order valence-electron chi connectivity index (χ0n) is 12.9. The van der Waals surface area contributed by atoms with E-state index in [0.29, 0.717) is 0 Å². The van der Waals surface area contributed by atoms with Gasteiger partial charge in [-0.25, -0.2) is 0 Å². The Bertz CT molecular complexity index is 555. The second-order valence-corrected chi connectivity index (χ2v) is 5.51. The molecule has 1 heterocycles. The molecule has 2 aromatic rings. The highest BCUT2D eigenvalue weighted by atomic mass is 14.9. The van der Waals surface area contributed by atoms with Crippen molar-refractivity contribution in [3.05, 3.63) is 64.5 Å². The van der Waals surface area contributed by atoms with Gasteiger partial charge in [-0.2, -0.15) is 0 Å². The van der Waals surface area contributed by atoms with Crippen LogP contribution in [-0.4, -0.2) is 11.5 Å². The lowest BCUT2D eigenvalue weighted by Crippen LogP contribution is -2.24. The van der Waals surface area contributed by atoms with Crippen molar-refractivity contribution in [2.75, 3.05) is 6.54 Å². The maximum atomic E-state index is 4.70. The first-order chi connectivity index (χ1) is 9.60. The molecule has 2 heteroatoms. The lowest BCUT2D eigenvalue weighted by Gasteiger charge is -2.20. The summed E-state index contributed by atoms with van der Waals surface area (Å²) in [6, 6.07) is 13.1. The van der Waals surface area contributed by atoms with Crippen LogP contribution in [0.3, 0.4) is 0 Å². The fraction of sp³-hybridized carbons (Fsp3) is 0.389. The van der Waals surface area contributed by atoms with Gasteiger partial charge < -0.3 is 5.32 Å². The minimum absolute atomic E-state index is 0.174. The summed E-state index contributed by atoms with van der Waals surface area (Å²) in [5.74, 6) is 0. The van der Waals surface area contributed by atoms with Crippen molar-refractivity contribution in [3.8, 4) is 0 Å². The van der Waals surface area contributed by atoms with Gasteiger partial charge in [0.1, 0.15) is 0 Å². The van der Waals surface area contributed by atoms with Gasteiger partial charge in [0.15, 0.2) is 0 Å². The van der Waals surface area contributed by atoms with E-state index in [0.717, 1.165) is 24.4 Å². The van der Waals surface area contributed by atoms with Crippen LogP contribution in [-0.2, 0) is 0 Å². The molecule has 2 rings (SSSR count). The summed E-state index contributed by atoms with van der Waals surface area (Å²) in [5, 5.41) is 3.62. The van der Waals surface area contributed by atoms with E-state index < -0.39 is 0 Å². The highest BCUT2D eigenvalue weighted by molar-refractivity contribution is 5.35. The highest BCUT2D eigenvalue weighted by Crippen LogP contribution is 2.23. The average molecular weight is 268 g/mol. The molecular weight excluding hydrogens is 244 g/mol. The van der Waals surface area contributed by atoms with E-state index in [-0.39, 0.29) is 6.04 Å². The summed E-state index contributed by atoms with van der Waals surface area (Å²) >= 11 is 0. The lowest BCUT2D eigenvalue weighted by molar-refractivity contribution is 0.585. The van der Waals surface area contributed by atoms with E-state index in [2.05, 4.69) is 56.4 Å². The minimum Gasteiger partial charge on any atom is -0.305 e. The molecule has 1 aromatic carbocycles. The molecule has 106 valence electrons. The van der Waals surface area contributed by atoms with Crippen molar-refractivity contribution < 1.29 is 0 Å². The van der Waals surface area contributed by atoms with Gasteiger partial charge in [0.25, 0.3) is 0 Å². The fourth-order valence-corrected chi connectivity index (χ4v) is 2.58. The summed E-state index contributed by atoms with van der Waals surface area (Å²) in [5.41, 5.74) is 6.07. The van der Waals surface area contributed by atoms with E-state index in [9.17, 15) is 0 Å². The standard InChI is InChI=1S/C18H24N2/c1-5-9-19-18(17-8-6-7-15(4)20-17)16-11-13(2)10-14(3)12-16/h6-8,10-12,18-19H,5,9H2,1-4H3. The van der Waals surface area contributed by atoms with Crippen LogP contribution < -0.4 is 5.32 Å². The van der Waals surface area contributed by atoms with E-state index in [4.69, 9.17) is 4.98 Å². The molecule has 1 aromatic heterocycles. The number of nitrogens with one attached hydrogen (secondary N) is 1. The van der Waals surface area contributed by atoms with Gasteiger partial charge >= 0.3 is 0 Å². The molecule has 0 bridgehead atoms. The van der Waals surface area contributed by atoms with E-state index >= 15 is 0 Å². The molecule has 0 aliphatic carbocycles. The van der Waals surface area contributed by atoms with Gasteiger partial charge in [-0.3, -0.25) is 4.98 Å². The topological polar surface area (TPSA) is 24.9 Å². The predicted octanol–water partition coefficient (Wildman–Crippen LogP) is 4.10. The molecule has 0 saturated carbocycles. The van der Waals surface area contributed by atoms with Crippen molar-refractivity contribution in [1.82, 2.24) is 10.3 Å². The van der Waals surface area contributed by atoms with Crippen molar-refractivity contribution in [1.29, 1.82) is 0 Å². The molecule has 0 spiro atoms. The van der Waals surface area contributed by atoms with Crippen LogP contribution in [0.5, 0.6) is 0 Å². The number of pyridine rings is 1. The number of nitrogens with zero attached hydrogens (tertiary/aromatic N) is 1. The summed E-state index contributed by atoms with van der Waals surface area (Å²) in [7, 11) is 0. The first kappa shape index (κ1) is 14.7. The molecular formula is C18H24N2. The summed E-state index contributed by atoms with van der Waals surface area (Å²) in [6.07, 6.45) is 1.12. The number of aryl methyl sites for hydroxylation is 3. The fourth-order valence-electron chi connectivity index (χ4n) is 2.58. The SMILES string of the molecule is CCCNC(c1cc(C)cc(C)c1)c1cccc(C)n1. The summed E-state index contributed by atoms with van der Waals surface area (Å²) in [6.45, 7) is 9.53. The zero-order chi connectivity index (χ0) is 14.5. The Hall–Kier alpha value is -1.67. The monoisotopic (exact) mass is 268 g/mol. The zero-order valence-corrected chi connectivity index (χ0v) is 12.9. The van der Waals surface area contributed by atoms with Gasteiger partial charge in [0.05, 0.1) is 11.7 Å². The summed E-state index contributed by atoms with van der Waals surface area (Å²) in [4.78, 5) is 4.70. The maximum Gasteiger partial charge on any atom is 0.0751 e. The van der Waals surface area contributed by atoms with Crippen LogP contribution in [0, 0.1) is 20.8 Å². The molecule has 2 nitrogen and oxygen atoms in total. The van der Waals surface area contributed by atoms with Gasteiger partial charge in [0.2, 0.25) is 0 Å². The summed E-state index contributed by atoms with van der Waals surface area (Å²) < 4.78 is 0. The first-order valence-corrected chi connectivity index (χ1v) is 7.35. The second kappa shape index (κ2) is 6.67. The molecule has 1 unspecified atom stereocenters. The number of benzene rings is 1. The number of aromatic nitrogens is 1. The number of rotatable bonds is 5. The molecule has 0 aliphatic heterocycles. The van der Waals surface area contributed by atoms with Gasteiger partial charge in [-0.1, -0.05) is 42.3 Å². The third-order valence-electron chi connectivity index (χ3n) is 3.38. The van der Waals surface area contributed by atoms with Crippen molar-refractivity contribution >= 4 is 0 Å². The highest BCUT2D eigenvalue weighted by Gasteiger charge is 2.15. The molecule has 0 aliphatic rings. The number of hydrogen-bond acceptors (Lipinski definition) is 2. The van der Waals surface area contributed by atoms with Gasteiger partial charge in [0, 0.05) is 5.69 Å². The quantitative estimate of drug-likeness (QED) is 0.883. The largest absolute Gasteiger partial charge is 0.305 e. The third-order valence-corrected chi connectivity index (χ3v) is 3.38. The lowest BCUT2D eigenvalue weighted by atomic mass is 9.98. The van der Waals surface area contributed by atoms with Crippen LogP contribution in [0.25, 0.3) is 0 Å². The van der Waals surface area contributed by atoms with Crippen LogP contribution in [0.4, 0.5) is 0 Å². The Kier molecular flexibility index (Phi) is 4.91. The Labute approximate surface area is 122 Å². The third kappa shape index (κ3) is 3.67. The van der Waals surface area contributed by atoms with Crippen molar-refractivity contribution in [2.24, 2.45) is 0 Å². The van der Waals surface area contributed by atoms with Crippen LogP contribution in [0.2, 0.25) is 0 Å². The smallest absolute Gasteiger partial charge is 0.0751 e. The molecule has 0 fully saturated rings. The van der Waals surface area contributed by atoms with Crippen LogP contribution in [0.1, 0.15) is 47.5 Å². The molecule has 0 amide bonds. The van der Waals surface area contributed by atoms with E-state index in [1.54, 1.807) is 0 Å². The molecule has 1 N–H and O–H groups in total. The number of hydrogen-bond donors (Lipinski definition) is 1. The van der Waals surface area contributed by atoms with Crippen molar-refractivity contribution in [3.63, 3.8) is 0 Å². The molecule has 0 radical (unpaired) electrons. The maximum absolute atomic E-state index is 4.70. The van der Waals surface area contributed by atoms with Crippen LogP contribution >= 0.6 is 0 Å². The minimum atomic E-state index is 0.174. The second-order valence-electron chi connectivity index (χ2n) is 5.51. The van der Waals surface area contributed by atoms with Crippen molar-refractivity contribution in [2.45, 2.75) is 40.2 Å². The molecule has 0 saturated heterocycles. The normalized spacial score (nSPS) is 12.4. The predicted molar refractivity (Wildman–Crippen MR) is 85.0 cm³/mol. The molecule has 1 atom stereocenters. The van der Waals surface area contributed by atoms with E-state index in [1.165, 1.54) is 16.7 Å². The van der Waals surface area contributed by atoms with E-state index in [1.807, 2.05) is 13.0 Å². The first-order valence-electron chi connectivity index (χ1n) is 7.35. The average Bonchev–Trinajstić information content (AvgIpc) is 2.38. The Balaban J connectivity index is 2.41. The Morgan fingerprint density at radius 2 is 1.75 bits per heavy atom. The van der Waals surface area contributed by atoms with Crippen LogP contribution in [0.15, 0.2) is 36.4 Å². The van der Waals surface area contributed by atoms with Gasteiger partial charge in [-0.05, 0) is 51.4 Å². The molecule has 20 heavy (non-hydrogen) atoms. The Morgan fingerprint density at radius 3 is 2.35 bits per heavy atom. The Morgan fingerprint density at radius 1 is 1.05 bits per heavy atom. The van der Waals surface area contributed by atoms with Gasteiger partial charge in [-0.15, -0.1) is 0 Å².